The molecule has 0 aliphatic rings. The number of aromatic nitrogens is 3. The van der Waals surface area contributed by atoms with Crippen LogP contribution in [0.3, 0.4) is 0 Å². The zero-order chi connectivity index (χ0) is 13.9. The maximum atomic E-state index is 12.0. The Kier molecular flexibility index (Phi) is 3.57. The minimum Gasteiger partial charge on any atom is -0.462 e. The monoisotopic (exact) mass is 306 g/mol. The van der Waals surface area contributed by atoms with Crippen LogP contribution in [0.4, 0.5) is 10.9 Å². The molecule has 6 nitrogen and oxygen atoms in total. The lowest BCUT2D eigenvalue weighted by Crippen LogP contribution is -2.05. The molecule has 102 valence electrons. The van der Waals surface area contributed by atoms with Crippen molar-refractivity contribution in [1.29, 1.82) is 0 Å². The highest BCUT2D eigenvalue weighted by Crippen LogP contribution is 2.31. The topological polar surface area (TPSA) is 77.0 Å². The second-order valence-corrected chi connectivity index (χ2v) is 5.49. The van der Waals surface area contributed by atoms with Gasteiger partial charge in [-0.25, -0.2) is 19.7 Å². The maximum Gasteiger partial charge on any atom is 0.339 e. The zero-order valence-corrected chi connectivity index (χ0v) is 12.1. The van der Waals surface area contributed by atoms with E-state index in [0.717, 1.165) is 4.83 Å². The average Bonchev–Trinajstić information content (AvgIpc) is 3.08. The van der Waals surface area contributed by atoms with Gasteiger partial charge in [0.2, 0.25) is 0 Å². The van der Waals surface area contributed by atoms with Gasteiger partial charge in [0.15, 0.2) is 5.13 Å². The van der Waals surface area contributed by atoms with E-state index in [-0.39, 0.29) is 5.97 Å². The summed E-state index contributed by atoms with van der Waals surface area (Å²) in [7, 11) is 0. The summed E-state index contributed by atoms with van der Waals surface area (Å²) in [6.07, 6.45) is 3.16. The van der Waals surface area contributed by atoms with Crippen molar-refractivity contribution in [1.82, 2.24) is 15.0 Å². The highest BCUT2D eigenvalue weighted by atomic mass is 32.1. The van der Waals surface area contributed by atoms with Gasteiger partial charge >= 0.3 is 5.97 Å². The number of fused-ring (bicyclic) bond motifs is 1. The molecule has 0 amide bonds. The summed E-state index contributed by atoms with van der Waals surface area (Å²) in [6.45, 7) is 2.11. The quantitative estimate of drug-likeness (QED) is 0.746. The Morgan fingerprint density at radius 2 is 2.25 bits per heavy atom. The van der Waals surface area contributed by atoms with Gasteiger partial charge in [-0.3, -0.25) is 0 Å². The van der Waals surface area contributed by atoms with Crippen LogP contribution in [-0.4, -0.2) is 27.5 Å². The molecule has 1 N–H and O–H groups in total. The highest BCUT2D eigenvalue weighted by Gasteiger charge is 2.18. The molecule has 0 saturated carbocycles. The van der Waals surface area contributed by atoms with Gasteiger partial charge < -0.3 is 10.1 Å². The molecule has 0 aliphatic heterocycles. The van der Waals surface area contributed by atoms with E-state index in [1.807, 2.05) is 5.38 Å². The largest absolute Gasteiger partial charge is 0.462 e. The molecule has 8 heteroatoms. The number of thiazole rings is 1. The van der Waals surface area contributed by atoms with Gasteiger partial charge in [-0.05, 0) is 6.92 Å². The van der Waals surface area contributed by atoms with E-state index in [4.69, 9.17) is 4.74 Å². The number of thiophene rings is 1. The van der Waals surface area contributed by atoms with Crippen molar-refractivity contribution in [3.05, 3.63) is 28.8 Å². The molecule has 0 bridgehead atoms. The number of carbonyl (C=O) groups is 1. The SMILES string of the molecule is CCOC(=O)c1csc2ncnc(Nc3nccs3)c12. The van der Waals surface area contributed by atoms with E-state index >= 15 is 0 Å². The van der Waals surface area contributed by atoms with Crippen LogP contribution in [0.1, 0.15) is 17.3 Å². The predicted octanol–water partition coefficient (Wildman–Crippen LogP) is 3.07. The van der Waals surface area contributed by atoms with Gasteiger partial charge in [0.25, 0.3) is 0 Å². The second-order valence-electron chi connectivity index (χ2n) is 3.73. The molecular weight excluding hydrogens is 296 g/mol. The number of anilines is 2. The number of hydrogen-bond donors (Lipinski definition) is 1. The van der Waals surface area contributed by atoms with E-state index in [0.29, 0.717) is 28.5 Å². The Bertz CT molecular complexity index is 739. The molecule has 20 heavy (non-hydrogen) atoms. The van der Waals surface area contributed by atoms with Crippen molar-refractivity contribution in [2.24, 2.45) is 0 Å². The van der Waals surface area contributed by atoms with Crippen LogP contribution in [0.15, 0.2) is 23.3 Å². The predicted molar refractivity (Wildman–Crippen MR) is 78.8 cm³/mol. The molecule has 0 atom stereocenters. The van der Waals surface area contributed by atoms with Gasteiger partial charge in [0.05, 0.1) is 17.6 Å². The lowest BCUT2D eigenvalue weighted by atomic mass is 10.2. The minimum atomic E-state index is -0.365. The number of nitrogens with zero attached hydrogens (tertiary/aromatic N) is 3. The van der Waals surface area contributed by atoms with Gasteiger partial charge in [-0.1, -0.05) is 0 Å². The van der Waals surface area contributed by atoms with Crippen LogP contribution >= 0.6 is 22.7 Å². The van der Waals surface area contributed by atoms with Crippen LogP contribution in [0.2, 0.25) is 0 Å². The summed E-state index contributed by atoms with van der Waals surface area (Å²) < 4.78 is 5.06. The first-order chi connectivity index (χ1) is 9.79. The summed E-state index contributed by atoms with van der Waals surface area (Å²) >= 11 is 2.84. The Balaban J connectivity index is 2.07. The Labute approximate surface area is 122 Å². The van der Waals surface area contributed by atoms with Gasteiger partial charge in [-0.2, -0.15) is 0 Å². The number of carbonyl (C=O) groups excluding carboxylic acids is 1. The minimum absolute atomic E-state index is 0.332. The maximum absolute atomic E-state index is 12.0. The van der Waals surface area contributed by atoms with Gasteiger partial charge in [0.1, 0.15) is 17.0 Å². The second kappa shape index (κ2) is 5.51. The number of esters is 1. The first-order valence-corrected chi connectivity index (χ1v) is 7.61. The summed E-state index contributed by atoms with van der Waals surface area (Å²) in [5.41, 5.74) is 0.478. The lowest BCUT2D eigenvalue weighted by Gasteiger charge is -2.05. The average molecular weight is 306 g/mol. The molecule has 0 aliphatic carbocycles. The highest BCUT2D eigenvalue weighted by molar-refractivity contribution is 7.17. The molecule has 3 heterocycles. The van der Waals surface area contributed by atoms with E-state index < -0.39 is 0 Å². The van der Waals surface area contributed by atoms with Crippen molar-refractivity contribution < 1.29 is 9.53 Å². The van der Waals surface area contributed by atoms with Crippen molar-refractivity contribution in [2.75, 3.05) is 11.9 Å². The van der Waals surface area contributed by atoms with E-state index in [9.17, 15) is 4.79 Å². The van der Waals surface area contributed by atoms with Crippen LogP contribution in [0.5, 0.6) is 0 Å². The first-order valence-electron chi connectivity index (χ1n) is 5.85. The smallest absolute Gasteiger partial charge is 0.339 e. The Morgan fingerprint density at radius 1 is 1.35 bits per heavy atom. The third-order valence-corrected chi connectivity index (χ3v) is 4.10. The molecule has 3 aromatic rings. The normalized spacial score (nSPS) is 10.7. The molecule has 3 rings (SSSR count). The van der Waals surface area contributed by atoms with Crippen LogP contribution in [0, 0.1) is 0 Å². The molecule has 0 aromatic carbocycles. The van der Waals surface area contributed by atoms with E-state index in [1.54, 1.807) is 18.5 Å². The van der Waals surface area contributed by atoms with E-state index in [2.05, 4.69) is 20.3 Å². The van der Waals surface area contributed by atoms with Gasteiger partial charge in [0, 0.05) is 17.0 Å². The fraction of sp³-hybridized carbons (Fsp3) is 0.167. The van der Waals surface area contributed by atoms with Crippen molar-refractivity contribution in [3.63, 3.8) is 0 Å². The standard InChI is InChI=1S/C12H10N4O2S2/c1-2-18-11(17)7-5-20-10-8(7)9(14-6-15-10)16-12-13-3-4-19-12/h3-6H,2H2,1H3,(H,13,14,15,16). The number of rotatable bonds is 4. The van der Waals surface area contributed by atoms with E-state index in [1.165, 1.54) is 29.0 Å². The Hall–Kier alpha value is -2.06. The Morgan fingerprint density at radius 3 is 3.00 bits per heavy atom. The fourth-order valence-electron chi connectivity index (χ4n) is 1.72. The fourth-order valence-corrected chi connectivity index (χ4v) is 3.12. The number of ether oxygens (including phenoxy) is 1. The van der Waals surface area contributed by atoms with Crippen molar-refractivity contribution in [3.8, 4) is 0 Å². The van der Waals surface area contributed by atoms with Crippen LogP contribution in [-0.2, 0) is 4.74 Å². The molecule has 0 spiro atoms. The number of nitrogens with one attached hydrogen (secondary N) is 1. The van der Waals surface area contributed by atoms with Crippen LogP contribution < -0.4 is 5.32 Å². The molecule has 3 aromatic heterocycles. The number of hydrogen-bond acceptors (Lipinski definition) is 8. The molecule has 0 radical (unpaired) electrons. The summed E-state index contributed by atoms with van der Waals surface area (Å²) in [4.78, 5) is 25.2. The molecular formula is C12H10N4O2S2. The lowest BCUT2D eigenvalue weighted by molar-refractivity contribution is 0.0529. The first kappa shape index (κ1) is 12.9. The van der Waals surface area contributed by atoms with Crippen molar-refractivity contribution in [2.45, 2.75) is 6.92 Å². The third-order valence-electron chi connectivity index (χ3n) is 2.52. The zero-order valence-electron chi connectivity index (χ0n) is 10.5. The van der Waals surface area contributed by atoms with Crippen LogP contribution in [0.25, 0.3) is 10.2 Å². The molecule has 0 unspecified atom stereocenters. The molecule has 0 saturated heterocycles. The summed E-state index contributed by atoms with van der Waals surface area (Å²) in [5.74, 6) is 0.199. The third kappa shape index (κ3) is 2.35. The summed E-state index contributed by atoms with van der Waals surface area (Å²) in [5, 5.41) is 8.09. The van der Waals surface area contributed by atoms with Gasteiger partial charge in [-0.15, -0.1) is 22.7 Å². The summed E-state index contributed by atoms with van der Waals surface area (Å²) in [6, 6.07) is 0. The molecule has 0 fully saturated rings. The van der Waals surface area contributed by atoms with Crippen molar-refractivity contribution >= 4 is 49.8 Å².